The highest BCUT2D eigenvalue weighted by atomic mass is 33.1. The Hall–Kier alpha value is -0.910. The maximum absolute atomic E-state index is 11.7. The number of carbonyl (C=O) groups is 4. The van der Waals surface area contributed by atoms with Crippen LogP contribution in [0, 0.1) is 0 Å². The molecule has 2 N–H and O–H groups in total. The molecule has 2 aromatic rings. The summed E-state index contributed by atoms with van der Waals surface area (Å²) in [6.07, 6.45) is 5.63. The number of pyridine rings is 2. The highest BCUT2D eigenvalue weighted by Gasteiger charge is 2.30. The first-order chi connectivity index (χ1) is 21.2. The Morgan fingerprint density at radius 3 is 1.64 bits per heavy atom. The number of hydrogen-bond donors (Lipinski definition) is 1. The highest BCUT2D eigenvalue weighted by Crippen LogP contribution is 2.30. The summed E-state index contributed by atoms with van der Waals surface area (Å²) < 4.78 is 6.43. The zero-order chi connectivity index (χ0) is 34.2. The van der Waals surface area contributed by atoms with Crippen molar-refractivity contribution >= 4 is 94.3 Å². The Morgan fingerprint density at radius 2 is 1.30 bits per heavy atom. The van der Waals surface area contributed by atoms with Gasteiger partial charge in [-0.1, -0.05) is 75.8 Å². The number of hydrogen-bond acceptors (Lipinski definition) is 12. The Labute approximate surface area is 291 Å². The number of ketones is 2. The zero-order valence-electron chi connectivity index (χ0n) is 26.9. The second kappa shape index (κ2) is 38.3. The van der Waals surface area contributed by atoms with E-state index in [0.29, 0.717) is 30.8 Å². The van der Waals surface area contributed by atoms with Gasteiger partial charge in [0.05, 0.1) is 15.5 Å². The number of aromatic nitrogens is 2. The summed E-state index contributed by atoms with van der Waals surface area (Å²) in [6.45, 7) is 8.95. The quantitative estimate of drug-likeness (QED) is 0.0919. The van der Waals surface area contributed by atoms with Crippen LogP contribution in [0.5, 0.6) is 0 Å². The van der Waals surface area contributed by atoms with E-state index in [-0.39, 0.29) is 44.4 Å². The van der Waals surface area contributed by atoms with Crippen LogP contribution in [0.4, 0.5) is 0 Å². The molecule has 2 atom stereocenters. The Bertz CT molecular complexity index is 1030. The Morgan fingerprint density at radius 1 is 0.909 bits per heavy atom. The van der Waals surface area contributed by atoms with Gasteiger partial charge in [-0.2, -0.15) is 0 Å². The maximum Gasteiger partial charge on any atom is 0.355 e. The molecule has 2 aromatic heterocycles. The number of likely N-dealkylation sites (tertiary alicyclic amines) is 1. The van der Waals surface area contributed by atoms with E-state index >= 15 is 0 Å². The average molecular weight is 743 g/mol. The maximum atomic E-state index is 11.7. The fourth-order valence-electron chi connectivity index (χ4n) is 2.54. The van der Waals surface area contributed by atoms with Gasteiger partial charge >= 0.3 is 1.28 Å². The fraction of sp³-hybridized carbons (Fsp3) is 0.517. The predicted octanol–water partition coefficient (Wildman–Crippen LogP) is 8.30. The van der Waals surface area contributed by atoms with E-state index < -0.39 is 6.99 Å². The molecular weight excluding hydrogens is 691 g/mol. The third kappa shape index (κ3) is 28.6. The second-order valence-electron chi connectivity index (χ2n) is 7.06. The lowest BCUT2D eigenvalue weighted by Gasteiger charge is -2.12. The molecule has 0 spiro atoms. The van der Waals surface area contributed by atoms with Gasteiger partial charge in [-0.15, -0.1) is 0 Å². The molecule has 1 aliphatic heterocycles. The lowest BCUT2D eigenvalue weighted by molar-refractivity contribution is -0.141. The minimum Gasteiger partial charge on any atom is -0.333 e. The number of carbonyl (C=O) groups excluding carboxylic acids is 4. The van der Waals surface area contributed by atoms with Gasteiger partial charge < -0.3 is 5.73 Å². The Kier molecular flexibility index (Phi) is 41.3. The van der Waals surface area contributed by atoms with Crippen molar-refractivity contribution in [2.75, 3.05) is 25.1 Å². The number of Topliss-reactive ketones (excluding diaryl/α,β-unsaturated/α-hetero) is 2. The second-order valence-corrected chi connectivity index (χ2v) is 14.7. The number of amides is 2. The smallest absolute Gasteiger partial charge is 0.333 e. The number of nitrogens with zero attached hydrogens (tertiary/aromatic N) is 3. The van der Waals surface area contributed by atoms with E-state index in [1.165, 1.54) is 28.6 Å². The SMILES string of the molecule is C.CC.CC.CCC(=O)CCSSc1ccccn1.CN.O=C(CCSSc1ccccn1)CN1C(=O)CCC1=O.[2H][P+](P)=S. The third-order valence-electron chi connectivity index (χ3n) is 4.38. The van der Waals surface area contributed by atoms with Crippen LogP contribution in [0.1, 0.15) is 74.1 Å². The van der Waals surface area contributed by atoms with Gasteiger partial charge in [0.25, 0.3) is 0 Å². The fourth-order valence-corrected chi connectivity index (χ4v) is 6.36. The van der Waals surface area contributed by atoms with Crippen LogP contribution in [0.15, 0.2) is 58.8 Å². The summed E-state index contributed by atoms with van der Waals surface area (Å²) >= 11 is 4.31. The van der Waals surface area contributed by atoms with Crippen molar-refractivity contribution in [2.45, 2.75) is 84.2 Å². The first kappa shape index (κ1) is 47.5. The van der Waals surface area contributed by atoms with Crippen LogP contribution in [-0.4, -0.2) is 64.6 Å². The van der Waals surface area contributed by atoms with Gasteiger partial charge in [0.15, 0.2) is 24.6 Å². The molecule has 3 rings (SSSR count). The van der Waals surface area contributed by atoms with Crippen molar-refractivity contribution in [3.05, 3.63) is 48.8 Å². The van der Waals surface area contributed by atoms with Crippen LogP contribution >= 0.6 is 59.1 Å². The molecule has 0 aliphatic carbocycles. The van der Waals surface area contributed by atoms with Crippen LogP contribution < -0.4 is 5.73 Å². The van der Waals surface area contributed by atoms with Crippen molar-refractivity contribution in [3.8, 4) is 0 Å². The van der Waals surface area contributed by atoms with Gasteiger partial charge in [0.1, 0.15) is 15.8 Å². The van der Waals surface area contributed by atoms with E-state index in [2.05, 4.69) is 36.4 Å². The monoisotopic (exact) mass is 742 g/mol. The minimum atomic E-state index is -0.870. The van der Waals surface area contributed by atoms with E-state index in [1.807, 2.05) is 71.0 Å². The van der Waals surface area contributed by atoms with E-state index in [4.69, 9.17) is 1.28 Å². The molecule has 3 heterocycles. The molecule has 1 saturated heterocycles. The Balaban J connectivity index is -0.000000294. The number of imide groups is 1. The van der Waals surface area contributed by atoms with Crippen molar-refractivity contribution in [1.29, 1.82) is 1.28 Å². The summed E-state index contributed by atoms with van der Waals surface area (Å²) in [4.78, 5) is 54.8. The largest absolute Gasteiger partial charge is 0.355 e. The standard InChI is InChI=1S/C13H14N2O3S2.C10H13NOS2.2C2H6.CH5N.CH4.H2P2S/c16-10(9-15-12(17)4-5-13(15)18)6-8-19-20-11-3-1-2-7-14-11;1-2-9(12)6-8-13-14-10-5-3-4-7-11-10;3*1-2;;1-2-3/h1-3,7H,4-6,8-9H2;3-5,7H,2,6,8H2,1H3;2*1-2H3;2H2,1H3;1H4;1H2/p+1/i/hD. The van der Waals surface area contributed by atoms with Crippen LogP contribution in [-0.2, 0) is 31.0 Å². The molecule has 0 radical (unpaired) electrons. The molecule has 1 fully saturated rings. The van der Waals surface area contributed by atoms with Crippen molar-refractivity contribution in [3.63, 3.8) is 0 Å². The average Bonchev–Trinajstić information content (AvgIpc) is 3.37. The lowest BCUT2D eigenvalue weighted by atomic mass is 10.2. The van der Waals surface area contributed by atoms with E-state index in [1.54, 1.807) is 34.0 Å². The molecule has 0 aromatic carbocycles. The van der Waals surface area contributed by atoms with Crippen molar-refractivity contribution < 1.29 is 19.2 Å². The summed E-state index contributed by atoms with van der Waals surface area (Å²) in [5.41, 5.74) is 4.50. The third-order valence-corrected chi connectivity index (χ3v) is 8.91. The summed E-state index contributed by atoms with van der Waals surface area (Å²) in [5.74, 6) is 1.28. The van der Waals surface area contributed by atoms with Gasteiger partial charge in [0.2, 0.25) is 11.8 Å². The summed E-state index contributed by atoms with van der Waals surface area (Å²) in [7, 11) is 10.1. The van der Waals surface area contributed by atoms with Crippen LogP contribution in [0.2, 0.25) is 0 Å². The van der Waals surface area contributed by atoms with Gasteiger partial charge in [0, 0.05) is 56.0 Å². The molecule has 8 nitrogen and oxygen atoms in total. The predicted molar refractivity (Wildman–Crippen MR) is 206 cm³/mol. The summed E-state index contributed by atoms with van der Waals surface area (Å²) in [5, 5.41) is 1.90. The van der Waals surface area contributed by atoms with Crippen molar-refractivity contribution in [1.82, 2.24) is 14.9 Å². The first-order valence-electron chi connectivity index (χ1n) is 14.2. The normalized spacial score (nSPS) is 11.4. The zero-order valence-corrected chi connectivity index (χ0v) is 32.0. The molecule has 15 heteroatoms. The number of nitrogens with two attached hydrogens (primary N) is 1. The number of rotatable bonds is 13. The van der Waals surface area contributed by atoms with E-state index in [9.17, 15) is 19.2 Å². The highest BCUT2D eigenvalue weighted by molar-refractivity contribution is 8.77. The summed E-state index contributed by atoms with van der Waals surface area (Å²) in [6, 6.07) is 11.5. The molecule has 250 valence electrons. The topological polar surface area (TPSA) is 123 Å². The van der Waals surface area contributed by atoms with Crippen LogP contribution in [0.3, 0.4) is 0 Å². The lowest BCUT2D eigenvalue weighted by Crippen LogP contribution is -2.34. The van der Waals surface area contributed by atoms with E-state index in [0.717, 1.165) is 20.7 Å². The molecule has 2 amide bonds. The first-order valence-corrected chi connectivity index (χ1v) is 22.0. The van der Waals surface area contributed by atoms with Crippen molar-refractivity contribution in [2.24, 2.45) is 5.73 Å². The minimum absolute atomic E-state index is 0. The molecule has 0 saturated carbocycles. The van der Waals surface area contributed by atoms with Gasteiger partial charge in [-0.05, 0) is 52.9 Å². The van der Waals surface area contributed by atoms with Crippen LogP contribution in [0.25, 0.3) is 0 Å². The molecular formula is C29H51N4O4P2S5+. The molecule has 44 heavy (non-hydrogen) atoms. The molecule has 0 bridgehead atoms. The molecule has 2 unspecified atom stereocenters. The van der Waals surface area contributed by atoms with Gasteiger partial charge in [-0.3, -0.25) is 24.1 Å². The molecule has 1 aliphatic rings. The van der Waals surface area contributed by atoms with Gasteiger partial charge in [-0.25, -0.2) is 9.97 Å².